The smallest absolute Gasteiger partial charge is 0.0492 e. The summed E-state index contributed by atoms with van der Waals surface area (Å²) in [4.78, 5) is 0. The van der Waals surface area contributed by atoms with Gasteiger partial charge < -0.3 is 5.73 Å². The van der Waals surface area contributed by atoms with Crippen LogP contribution in [0.15, 0.2) is 12.3 Å². The average molecular weight is 179 g/mol. The highest BCUT2D eigenvalue weighted by molar-refractivity contribution is 5.32. The lowest BCUT2D eigenvalue weighted by Gasteiger charge is -2.18. The third-order valence-electron chi connectivity index (χ3n) is 3.57. The monoisotopic (exact) mass is 179 g/mol. The van der Waals surface area contributed by atoms with Crippen LogP contribution in [0.2, 0.25) is 0 Å². The molecule has 0 bridgehead atoms. The first-order chi connectivity index (χ1) is 6.03. The molecular formula is C10H17N3. The number of aryl methyl sites for hydroxylation is 1. The normalized spacial score (nSPS) is 30.5. The number of hydrogen-bond acceptors (Lipinski definition) is 2. The number of nitrogens with two attached hydrogens (primary N) is 1. The highest BCUT2D eigenvalue weighted by atomic mass is 15.3. The maximum Gasteiger partial charge on any atom is 0.0492 e. The standard InChI is InChI=1S/C10H17N3/c1-9(2)6-10(9,7-11)8-4-5-12-13(8)3/h4-5H,6-7,11H2,1-3H3. The van der Waals surface area contributed by atoms with Crippen LogP contribution in [0.1, 0.15) is 26.0 Å². The van der Waals surface area contributed by atoms with E-state index in [4.69, 9.17) is 5.73 Å². The van der Waals surface area contributed by atoms with E-state index in [1.165, 1.54) is 12.1 Å². The molecule has 1 aliphatic rings. The minimum atomic E-state index is 0.179. The first-order valence-corrected chi connectivity index (χ1v) is 4.72. The van der Waals surface area contributed by atoms with Crippen LogP contribution in [0.3, 0.4) is 0 Å². The Morgan fingerprint density at radius 2 is 2.23 bits per heavy atom. The number of nitrogens with zero attached hydrogens (tertiary/aromatic N) is 2. The molecule has 3 nitrogen and oxygen atoms in total. The molecule has 0 saturated heterocycles. The van der Waals surface area contributed by atoms with E-state index < -0.39 is 0 Å². The zero-order chi connectivity index (χ0) is 9.69. The van der Waals surface area contributed by atoms with Crippen molar-refractivity contribution in [3.05, 3.63) is 18.0 Å². The van der Waals surface area contributed by atoms with Gasteiger partial charge in [0.15, 0.2) is 0 Å². The fourth-order valence-electron chi connectivity index (χ4n) is 2.44. The van der Waals surface area contributed by atoms with Crippen molar-refractivity contribution in [2.24, 2.45) is 18.2 Å². The highest BCUT2D eigenvalue weighted by Crippen LogP contribution is 2.63. The van der Waals surface area contributed by atoms with Crippen molar-refractivity contribution >= 4 is 0 Å². The SMILES string of the molecule is Cn1nccc1C1(CN)CC1(C)C. The zero-order valence-electron chi connectivity index (χ0n) is 8.54. The first kappa shape index (κ1) is 8.75. The molecule has 3 heteroatoms. The van der Waals surface area contributed by atoms with Gasteiger partial charge in [-0.25, -0.2) is 0 Å². The summed E-state index contributed by atoms with van der Waals surface area (Å²) in [5.74, 6) is 0. The van der Waals surface area contributed by atoms with Crippen molar-refractivity contribution in [1.29, 1.82) is 0 Å². The summed E-state index contributed by atoms with van der Waals surface area (Å²) >= 11 is 0. The second-order valence-corrected chi connectivity index (χ2v) is 4.69. The minimum absolute atomic E-state index is 0.179. The molecule has 0 spiro atoms. The summed E-state index contributed by atoms with van der Waals surface area (Å²) < 4.78 is 1.95. The molecule has 1 aromatic heterocycles. The first-order valence-electron chi connectivity index (χ1n) is 4.72. The molecular weight excluding hydrogens is 162 g/mol. The Morgan fingerprint density at radius 3 is 2.54 bits per heavy atom. The second kappa shape index (κ2) is 2.35. The predicted molar refractivity (Wildman–Crippen MR) is 52.3 cm³/mol. The summed E-state index contributed by atoms with van der Waals surface area (Å²) in [6.45, 7) is 5.26. The van der Waals surface area contributed by atoms with Gasteiger partial charge in [-0.3, -0.25) is 4.68 Å². The maximum atomic E-state index is 5.86. The molecule has 1 fully saturated rings. The number of rotatable bonds is 2. The fourth-order valence-corrected chi connectivity index (χ4v) is 2.44. The van der Waals surface area contributed by atoms with Crippen LogP contribution in [0.5, 0.6) is 0 Å². The van der Waals surface area contributed by atoms with Gasteiger partial charge in [0, 0.05) is 30.9 Å². The Hall–Kier alpha value is -0.830. The van der Waals surface area contributed by atoms with Crippen LogP contribution < -0.4 is 5.73 Å². The topological polar surface area (TPSA) is 43.8 Å². The van der Waals surface area contributed by atoms with E-state index in [1.54, 1.807) is 0 Å². The van der Waals surface area contributed by atoms with E-state index in [0.717, 1.165) is 6.54 Å². The van der Waals surface area contributed by atoms with Gasteiger partial charge in [0.1, 0.15) is 0 Å². The lowest BCUT2D eigenvalue weighted by molar-refractivity contribution is 0.472. The third-order valence-corrected chi connectivity index (χ3v) is 3.57. The lowest BCUT2D eigenvalue weighted by Crippen LogP contribution is -2.27. The van der Waals surface area contributed by atoms with E-state index in [2.05, 4.69) is 25.0 Å². The van der Waals surface area contributed by atoms with Crippen LogP contribution in [0.25, 0.3) is 0 Å². The molecule has 0 aromatic carbocycles. The molecule has 2 N–H and O–H groups in total. The van der Waals surface area contributed by atoms with Crippen LogP contribution >= 0.6 is 0 Å². The lowest BCUT2D eigenvalue weighted by atomic mass is 9.92. The van der Waals surface area contributed by atoms with Crippen LogP contribution in [0, 0.1) is 5.41 Å². The quantitative estimate of drug-likeness (QED) is 0.737. The predicted octanol–water partition coefficient (Wildman–Crippen LogP) is 1.05. The van der Waals surface area contributed by atoms with Gasteiger partial charge in [-0.15, -0.1) is 0 Å². The van der Waals surface area contributed by atoms with Gasteiger partial charge in [0.05, 0.1) is 0 Å². The van der Waals surface area contributed by atoms with Crippen molar-refractivity contribution in [3.63, 3.8) is 0 Å². The Bertz CT molecular complexity index is 327. The molecule has 1 heterocycles. The molecule has 1 atom stereocenters. The summed E-state index contributed by atoms with van der Waals surface area (Å²) in [7, 11) is 1.99. The molecule has 2 rings (SSSR count). The third kappa shape index (κ3) is 0.967. The van der Waals surface area contributed by atoms with E-state index >= 15 is 0 Å². The second-order valence-electron chi connectivity index (χ2n) is 4.69. The van der Waals surface area contributed by atoms with Gasteiger partial charge in [-0.2, -0.15) is 5.10 Å². The summed E-state index contributed by atoms with van der Waals surface area (Å²) in [5.41, 5.74) is 7.66. The van der Waals surface area contributed by atoms with Crippen molar-refractivity contribution in [2.75, 3.05) is 6.54 Å². The van der Waals surface area contributed by atoms with Gasteiger partial charge in [0.2, 0.25) is 0 Å². The maximum absolute atomic E-state index is 5.86. The molecule has 1 aromatic rings. The summed E-state index contributed by atoms with van der Waals surface area (Å²) in [6, 6.07) is 2.08. The van der Waals surface area contributed by atoms with Gasteiger partial charge in [-0.1, -0.05) is 13.8 Å². The minimum Gasteiger partial charge on any atom is -0.330 e. The molecule has 13 heavy (non-hydrogen) atoms. The van der Waals surface area contributed by atoms with E-state index in [-0.39, 0.29) is 5.41 Å². The van der Waals surface area contributed by atoms with Crippen molar-refractivity contribution in [1.82, 2.24) is 9.78 Å². The van der Waals surface area contributed by atoms with Gasteiger partial charge in [-0.05, 0) is 17.9 Å². The van der Waals surface area contributed by atoms with Crippen LogP contribution in [-0.4, -0.2) is 16.3 Å². The number of hydrogen-bond donors (Lipinski definition) is 1. The number of aromatic nitrogens is 2. The Balaban J connectivity index is 2.41. The Kier molecular flexibility index (Phi) is 1.58. The molecule has 0 amide bonds. The van der Waals surface area contributed by atoms with Gasteiger partial charge in [0.25, 0.3) is 0 Å². The Labute approximate surface area is 78.9 Å². The molecule has 0 radical (unpaired) electrons. The largest absolute Gasteiger partial charge is 0.330 e. The van der Waals surface area contributed by atoms with Crippen LogP contribution in [-0.2, 0) is 12.5 Å². The fraction of sp³-hybridized carbons (Fsp3) is 0.700. The van der Waals surface area contributed by atoms with Crippen molar-refractivity contribution in [2.45, 2.75) is 25.7 Å². The van der Waals surface area contributed by atoms with Crippen LogP contribution in [0.4, 0.5) is 0 Å². The van der Waals surface area contributed by atoms with E-state index in [1.807, 2.05) is 17.9 Å². The molecule has 72 valence electrons. The van der Waals surface area contributed by atoms with E-state index in [9.17, 15) is 0 Å². The molecule has 0 aliphatic heterocycles. The van der Waals surface area contributed by atoms with Crippen molar-refractivity contribution in [3.8, 4) is 0 Å². The Morgan fingerprint density at radius 1 is 1.62 bits per heavy atom. The molecule has 1 unspecified atom stereocenters. The molecule has 1 aliphatic carbocycles. The summed E-state index contributed by atoms with van der Waals surface area (Å²) in [5, 5.41) is 4.20. The highest BCUT2D eigenvalue weighted by Gasteiger charge is 2.62. The average Bonchev–Trinajstić information content (AvgIpc) is 2.43. The molecule has 1 saturated carbocycles. The zero-order valence-corrected chi connectivity index (χ0v) is 8.54. The summed E-state index contributed by atoms with van der Waals surface area (Å²) in [6.07, 6.45) is 3.02. The van der Waals surface area contributed by atoms with E-state index in [0.29, 0.717) is 5.41 Å². The van der Waals surface area contributed by atoms with Crippen molar-refractivity contribution < 1.29 is 0 Å². The van der Waals surface area contributed by atoms with Gasteiger partial charge >= 0.3 is 0 Å².